The first-order valence-electron chi connectivity index (χ1n) is 27.3. The fraction of sp³-hybridized carbons (Fsp3) is 0.304. The molecule has 0 bridgehead atoms. The van der Waals surface area contributed by atoms with Crippen LogP contribution in [0.1, 0.15) is 130 Å². The van der Waals surface area contributed by atoms with E-state index in [0.29, 0.717) is 0 Å². The summed E-state index contributed by atoms with van der Waals surface area (Å²) >= 11 is 1.91. The van der Waals surface area contributed by atoms with Gasteiger partial charge in [-0.2, -0.15) is 0 Å². The summed E-state index contributed by atoms with van der Waals surface area (Å²) in [4.78, 5) is 8.14. The number of benzene rings is 8. The Labute approximate surface area is 445 Å². The summed E-state index contributed by atoms with van der Waals surface area (Å²) in [5.41, 5.74) is 23.4. The van der Waals surface area contributed by atoms with Gasteiger partial charge < -0.3 is 14.7 Å². The van der Waals surface area contributed by atoms with Crippen LogP contribution in [-0.4, -0.2) is 12.3 Å². The van der Waals surface area contributed by atoms with Crippen molar-refractivity contribution >= 4 is 100 Å². The van der Waals surface area contributed by atoms with Crippen molar-refractivity contribution in [2.45, 2.75) is 136 Å². The lowest BCUT2D eigenvalue weighted by Crippen LogP contribution is -2.61. The molecular formula is C69H70BN3S. The maximum Gasteiger partial charge on any atom is 0.252 e. The van der Waals surface area contributed by atoms with Gasteiger partial charge in [0, 0.05) is 65.3 Å². The molecule has 9 aromatic rings. The van der Waals surface area contributed by atoms with Crippen molar-refractivity contribution < 1.29 is 0 Å². The fourth-order valence-electron chi connectivity index (χ4n) is 13.8. The second kappa shape index (κ2) is 16.2. The van der Waals surface area contributed by atoms with Crippen molar-refractivity contribution in [1.29, 1.82) is 0 Å². The fourth-order valence-corrected chi connectivity index (χ4v) is 15.0. The molecule has 74 heavy (non-hydrogen) atoms. The first kappa shape index (κ1) is 47.2. The molecule has 1 aliphatic carbocycles. The van der Waals surface area contributed by atoms with Crippen molar-refractivity contribution in [3.05, 3.63) is 186 Å². The van der Waals surface area contributed by atoms with Gasteiger partial charge in [-0.05, 0) is 159 Å². The van der Waals surface area contributed by atoms with E-state index in [-0.39, 0.29) is 33.9 Å². The third-order valence-corrected chi connectivity index (χ3v) is 19.2. The van der Waals surface area contributed by atoms with Gasteiger partial charge in [-0.15, -0.1) is 11.3 Å². The number of aryl methyl sites for hydroxylation is 1. The Morgan fingerprint density at radius 2 is 1.07 bits per heavy atom. The highest BCUT2D eigenvalue weighted by atomic mass is 32.1. The predicted molar refractivity (Wildman–Crippen MR) is 322 cm³/mol. The topological polar surface area (TPSA) is 9.72 Å². The molecule has 3 nitrogen and oxygen atoms in total. The van der Waals surface area contributed by atoms with Crippen LogP contribution in [0.2, 0.25) is 0 Å². The lowest BCUT2D eigenvalue weighted by Gasteiger charge is -2.50. The van der Waals surface area contributed by atoms with Gasteiger partial charge in [0.2, 0.25) is 0 Å². The van der Waals surface area contributed by atoms with Crippen LogP contribution in [0.3, 0.4) is 0 Å². The van der Waals surface area contributed by atoms with Gasteiger partial charge in [-0.25, -0.2) is 0 Å². The monoisotopic (exact) mass is 984 g/mol. The van der Waals surface area contributed by atoms with Crippen LogP contribution >= 0.6 is 11.3 Å². The van der Waals surface area contributed by atoms with Crippen molar-refractivity contribution in [3.63, 3.8) is 0 Å². The van der Waals surface area contributed by atoms with Crippen LogP contribution < -0.4 is 31.1 Å². The first-order chi connectivity index (χ1) is 35.2. The molecule has 0 spiro atoms. The third-order valence-electron chi connectivity index (χ3n) is 18.1. The molecule has 0 saturated heterocycles. The van der Waals surface area contributed by atoms with E-state index < -0.39 is 0 Å². The number of fused-ring (bicyclic) bond motifs is 10. The molecule has 4 heterocycles. The Kier molecular flexibility index (Phi) is 10.3. The lowest BCUT2D eigenvalue weighted by atomic mass is 9.33. The Morgan fingerprint density at radius 3 is 1.78 bits per heavy atom. The molecule has 4 aliphatic rings. The zero-order chi connectivity index (χ0) is 51.4. The SMILES string of the molecule is Cc1cc2c3c(c1)N(c1cccc4sc5ccccc5c14)c1cc(N4c5ccc(C(C)(C)C)cc5C5(C)CCCCC45C)ccc1B3c1ccc(C(C)(C)C)cc1N2c1ccc(C(C)(C)C)cc1-c1ccccc1. The average molecular weight is 984 g/mol. The number of rotatable bonds is 4. The lowest BCUT2D eigenvalue weighted by molar-refractivity contribution is 0.195. The molecule has 370 valence electrons. The summed E-state index contributed by atoms with van der Waals surface area (Å²) in [5, 5.41) is 2.63. The summed E-state index contributed by atoms with van der Waals surface area (Å²) in [7, 11) is 0. The average Bonchev–Trinajstić information content (AvgIpc) is 3.90. The molecule has 2 atom stereocenters. The van der Waals surface area contributed by atoms with E-state index >= 15 is 0 Å². The van der Waals surface area contributed by atoms with E-state index in [0.717, 1.165) is 6.42 Å². The largest absolute Gasteiger partial charge is 0.334 e. The number of anilines is 8. The van der Waals surface area contributed by atoms with Gasteiger partial charge in [0.15, 0.2) is 0 Å². The molecule has 2 unspecified atom stereocenters. The van der Waals surface area contributed by atoms with E-state index in [2.05, 4.69) is 256 Å². The second-order valence-electron chi connectivity index (χ2n) is 25.8. The minimum absolute atomic E-state index is 0.00986. The van der Waals surface area contributed by atoms with Gasteiger partial charge in [-0.3, -0.25) is 0 Å². The van der Waals surface area contributed by atoms with E-state index in [4.69, 9.17) is 0 Å². The summed E-state index contributed by atoms with van der Waals surface area (Å²) in [5.74, 6) is 0. The van der Waals surface area contributed by atoms with Gasteiger partial charge in [0.1, 0.15) is 0 Å². The van der Waals surface area contributed by atoms with Crippen LogP contribution in [0.5, 0.6) is 0 Å². The van der Waals surface area contributed by atoms with Gasteiger partial charge in [-0.1, -0.05) is 173 Å². The molecular weight excluding hydrogens is 914 g/mol. The zero-order valence-electron chi connectivity index (χ0n) is 45.7. The van der Waals surface area contributed by atoms with Crippen molar-refractivity contribution in [3.8, 4) is 11.1 Å². The molecule has 3 aliphatic heterocycles. The molecule has 1 aromatic heterocycles. The second-order valence-corrected chi connectivity index (χ2v) is 26.9. The van der Waals surface area contributed by atoms with Gasteiger partial charge in [0.25, 0.3) is 6.71 Å². The number of thiophene rings is 1. The maximum absolute atomic E-state index is 2.79. The molecule has 1 fully saturated rings. The van der Waals surface area contributed by atoms with E-state index in [1.807, 2.05) is 11.3 Å². The smallest absolute Gasteiger partial charge is 0.252 e. The number of nitrogens with zero attached hydrogens (tertiary/aromatic N) is 3. The Hall–Kier alpha value is -6.56. The molecule has 5 heteroatoms. The molecule has 0 amide bonds. The molecule has 0 N–H and O–H groups in total. The Bertz CT molecular complexity index is 3770. The Balaban J connectivity index is 1.12. The van der Waals surface area contributed by atoms with E-state index in [1.165, 1.54) is 140 Å². The summed E-state index contributed by atoms with van der Waals surface area (Å²) in [6.07, 6.45) is 4.84. The highest BCUT2D eigenvalue weighted by molar-refractivity contribution is 7.26. The van der Waals surface area contributed by atoms with Gasteiger partial charge >= 0.3 is 0 Å². The molecule has 13 rings (SSSR count). The molecule has 1 saturated carbocycles. The van der Waals surface area contributed by atoms with Crippen molar-refractivity contribution in [2.24, 2.45) is 0 Å². The quantitative estimate of drug-likeness (QED) is 0.163. The van der Waals surface area contributed by atoms with Crippen LogP contribution in [0, 0.1) is 6.92 Å². The van der Waals surface area contributed by atoms with Crippen LogP contribution in [0.15, 0.2) is 158 Å². The molecule has 0 radical (unpaired) electrons. The summed E-state index contributed by atoms with van der Waals surface area (Å²) in [6.45, 7) is 28.6. The maximum atomic E-state index is 2.79. The predicted octanol–water partition coefficient (Wildman–Crippen LogP) is 17.7. The normalized spacial score (nSPS) is 19.1. The summed E-state index contributed by atoms with van der Waals surface area (Å²) < 4.78 is 2.63. The summed E-state index contributed by atoms with van der Waals surface area (Å²) in [6, 6.07) is 62.0. The highest BCUT2D eigenvalue weighted by Crippen LogP contribution is 2.62. The highest BCUT2D eigenvalue weighted by Gasteiger charge is 2.58. The third kappa shape index (κ3) is 6.90. The van der Waals surface area contributed by atoms with Gasteiger partial charge in [0.05, 0.1) is 16.9 Å². The van der Waals surface area contributed by atoms with Crippen molar-refractivity contribution in [1.82, 2.24) is 0 Å². The standard InChI is InChI=1S/C69H70BN3S/c1-43-37-59-64-60(38-43)72(56-24-20-26-62-63(56)49-23-16-17-25-61(49)74-62)58-42-48(73-55-34-29-46(66(5,6)7)40-51(55)68(11)35-18-19-36-69(68,73)12)30-32-53(58)70(64)52-31-27-47(67(8,9)10)41-57(52)71(59)54-33-28-45(65(2,3)4)39-50(54)44-21-14-13-15-22-44/h13-17,20-34,37-42H,18-19,35-36H2,1-12H3. The van der Waals surface area contributed by atoms with Crippen LogP contribution in [0.4, 0.5) is 45.5 Å². The molecule has 8 aromatic carbocycles. The number of hydrogen-bond donors (Lipinski definition) is 0. The zero-order valence-corrected chi connectivity index (χ0v) is 46.5. The van der Waals surface area contributed by atoms with E-state index in [9.17, 15) is 0 Å². The first-order valence-corrected chi connectivity index (χ1v) is 28.1. The van der Waals surface area contributed by atoms with Crippen LogP contribution in [-0.2, 0) is 21.7 Å². The Morgan fingerprint density at radius 1 is 0.486 bits per heavy atom. The van der Waals surface area contributed by atoms with Crippen molar-refractivity contribution in [2.75, 3.05) is 14.7 Å². The van der Waals surface area contributed by atoms with E-state index in [1.54, 1.807) is 0 Å². The van der Waals surface area contributed by atoms with Crippen LogP contribution in [0.25, 0.3) is 31.3 Å². The number of hydrogen-bond acceptors (Lipinski definition) is 4. The minimum Gasteiger partial charge on any atom is -0.334 e. The minimum atomic E-state index is -0.0939.